The highest BCUT2D eigenvalue weighted by atomic mass is 32.2. The van der Waals surface area contributed by atoms with Crippen LogP contribution < -0.4 is 14.6 Å². The van der Waals surface area contributed by atoms with Crippen LogP contribution in [0.5, 0.6) is 5.75 Å². The minimum atomic E-state index is -4.05. The number of carbonyl (C=O) groups excluding carboxylic acids is 2. The second kappa shape index (κ2) is 5.79. The molecule has 140 valence electrons. The molecule has 4 atom stereocenters. The highest BCUT2D eigenvalue weighted by Crippen LogP contribution is 2.57. The lowest BCUT2D eigenvalue weighted by Crippen LogP contribution is -2.57. The normalized spacial score (nSPS) is 33.5. The summed E-state index contributed by atoms with van der Waals surface area (Å²) in [4.78, 5) is 24.4. The highest BCUT2D eigenvalue weighted by molar-refractivity contribution is 7.84. The zero-order valence-corrected chi connectivity index (χ0v) is 15.3. The van der Waals surface area contributed by atoms with Crippen molar-refractivity contribution in [1.29, 1.82) is 0 Å². The molecule has 7 nitrogen and oxygen atoms in total. The third-order valence-electron chi connectivity index (χ3n) is 6.48. The van der Waals surface area contributed by atoms with Crippen LogP contribution in [0.4, 0.5) is 0 Å². The summed E-state index contributed by atoms with van der Waals surface area (Å²) in [5, 5.41) is 7.44. The van der Waals surface area contributed by atoms with Crippen molar-refractivity contribution < 1.29 is 22.2 Å². The number of aryl methyl sites for hydroxylation is 1. The van der Waals surface area contributed by atoms with Gasteiger partial charge in [-0.2, -0.15) is 13.6 Å². The maximum atomic E-state index is 12.4. The molecule has 3 aliphatic rings. The number of benzene rings is 1. The van der Waals surface area contributed by atoms with Crippen LogP contribution in [-0.4, -0.2) is 20.2 Å². The summed E-state index contributed by atoms with van der Waals surface area (Å²) >= 11 is 0. The van der Waals surface area contributed by atoms with Gasteiger partial charge in [0.05, 0.1) is 5.41 Å². The molecule has 1 aromatic carbocycles. The Kier molecular flexibility index (Phi) is 3.89. The van der Waals surface area contributed by atoms with E-state index in [-0.39, 0.29) is 35.3 Å². The summed E-state index contributed by atoms with van der Waals surface area (Å²) in [6.07, 6.45) is 3.65. The smallest absolute Gasteiger partial charge is 0.371 e. The molecule has 0 bridgehead atoms. The molecule has 0 spiro atoms. The topological polar surface area (TPSA) is 116 Å². The van der Waals surface area contributed by atoms with Crippen LogP contribution in [0.15, 0.2) is 18.2 Å². The van der Waals surface area contributed by atoms with Crippen LogP contribution in [0, 0.1) is 17.3 Å². The first-order chi connectivity index (χ1) is 12.2. The third kappa shape index (κ3) is 2.81. The first-order valence-corrected chi connectivity index (χ1v) is 10.3. The minimum absolute atomic E-state index is 0.0518. The molecule has 2 aliphatic carbocycles. The molecule has 0 unspecified atom stereocenters. The number of rotatable bonds is 2. The average Bonchev–Trinajstić information content (AvgIpc) is 2.54. The van der Waals surface area contributed by atoms with E-state index < -0.39 is 15.7 Å². The van der Waals surface area contributed by atoms with Crippen molar-refractivity contribution in [2.75, 3.05) is 0 Å². The van der Waals surface area contributed by atoms with E-state index in [2.05, 4.69) is 5.32 Å². The SMILES string of the molecule is C[C@]12CC[C@@H]3c4ccc(OS(N)(=O)=O)cc4CC[C@H]3[C@@H]1CC(=O)NC2=O. The third-order valence-corrected chi connectivity index (χ3v) is 6.90. The van der Waals surface area contributed by atoms with E-state index in [1.807, 2.05) is 13.0 Å². The molecule has 1 heterocycles. The Bertz CT molecular complexity index is 897. The first-order valence-electron chi connectivity index (χ1n) is 8.87. The molecule has 4 rings (SSSR count). The number of fused-ring (bicyclic) bond motifs is 5. The molecular formula is C18H22N2O5S. The largest absolute Gasteiger partial charge is 0.380 e. The van der Waals surface area contributed by atoms with Gasteiger partial charge in [0.1, 0.15) is 5.75 Å². The lowest BCUT2D eigenvalue weighted by molar-refractivity contribution is -0.151. The van der Waals surface area contributed by atoms with E-state index in [1.165, 1.54) is 5.56 Å². The molecule has 8 heteroatoms. The standard InChI is InChI=1S/C18H22N2O5S/c1-18-7-6-13-12-5-3-11(25-26(19,23)24)8-10(12)2-4-14(13)15(18)9-16(21)20-17(18)22/h3,5,8,13-15H,2,4,6-7,9H2,1H3,(H2,19,23,24)(H,20,21,22)/t13-,14-,15+,18+/m1/s1. The van der Waals surface area contributed by atoms with Crippen LogP contribution in [0.3, 0.4) is 0 Å². The number of nitrogens with two attached hydrogens (primary N) is 1. The number of hydrogen-bond acceptors (Lipinski definition) is 5. The van der Waals surface area contributed by atoms with Gasteiger partial charge in [0.25, 0.3) is 0 Å². The Morgan fingerprint density at radius 2 is 2.04 bits per heavy atom. The van der Waals surface area contributed by atoms with E-state index in [0.29, 0.717) is 6.42 Å². The van der Waals surface area contributed by atoms with Crippen LogP contribution >= 0.6 is 0 Å². The Morgan fingerprint density at radius 1 is 1.27 bits per heavy atom. The quantitative estimate of drug-likeness (QED) is 0.754. The molecule has 3 N–H and O–H groups in total. The monoisotopic (exact) mass is 378 g/mol. The van der Waals surface area contributed by atoms with Crippen molar-refractivity contribution in [1.82, 2.24) is 5.32 Å². The van der Waals surface area contributed by atoms with Crippen molar-refractivity contribution >= 4 is 22.1 Å². The van der Waals surface area contributed by atoms with Gasteiger partial charge in [-0.15, -0.1) is 0 Å². The fraction of sp³-hybridized carbons (Fsp3) is 0.556. The molecule has 2 fully saturated rings. The molecular weight excluding hydrogens is 356 g/mol. The first kappa shape index (κ1) is 17.5. The molecule has 0 aromatic heterocycles. The maximum absolute atomic E-state index is 12.4. The van der Waals surface area contributed by atoms with Gasteiger partial charge in [-0.3, -0.25) is 14.9 Å². The summed E-state index contributed by atoms with van der Waals surface area (Å²) in [6.45, 7) is 1.98. The second-order valence-electron chi connectivity index (χ2n) is 7.89. The van der Waals surface area contributed by atoms with Crippen LogP contribution in [0.25, 0.3) is 0 Å². The zero-order valence-electron chi connectivity index (χ0n) is 14.5. The minimum Gasteiger partial charge on any atom is -0.371 e. The molecule has 2 amide bonds. The highest BCUT2D eigenvalue weighted by Gasteiger charge is 2.54. The van der Waals surface area contributed by atoms with Gasteiger partial charge in [-0.25, -0.2) is 0 Å². The Morgan fingerprint density at radius 3 is 2.77 bits per heavy atom. The lowest BCUT2D eigenvalue weighted by Gasteiger charge is -2.52. The number of piperidine rings is 1. The molecule has 1 saturated carbocycles. The summed E-state index contributed by atoms with van der Waals surface area (Å²) in [5.74, 6) is 0.509. The summed E-state index contributed by atoms with van der Waals surface area (Å²) in [5.41, 5.74) is 1.74. The molecule has 0 radical (unpaired) electrons. The van der Waals surface area contributed by atoms with Crippen molar-refractivity contribution in [2.45, 2.75) is 44.9 Å². The molecule has 26 heavy (non-hydrogen) atoms. The number of carbonyl (C=O) groups is 2. The van der Waals surface area contributed by atoms with Crippen LogP contribution in [-0.2, 0) is 26.3 Å². The average molecular weight is 378 g/mol. The Labute approximate surface area is 152 Å². The van der Waals surface area contributed by atoms with Gasteiger partial charge in [0.15, 0.2) is 0 Å². The summed E-state index contributed by atoms with van der Waals surface area (Å²) in [7, 11) is -4.05. The van der Waals surface area contributed by atoms with Gasteiger partial charge in [-0.05, 0) is 66.7 Å². The van der Waals surface area contributed by atoms with Gasteiger partial charge in [0, 0.05) is 6.42 Å². The van der Waals surface area contributed by atoms with Crippen molar-refractivity contribution in [3.05, 3.63) is 29.3 Å². The van der Waals surface area contributed by atoms with Crippen molar-refractivity contribution in [3.8, 4) is 5.75 Å². The fourth-order valence-electron chi connectivity index (χ4n) is 5.24. The van der Waals surface area contributed by atoms with Gasteiger partial charge in [-0.1, -0.05) is 13.0 Å². The second-order valence-corrected chi connectivity index (χ2v) is 9.04. The molecule has 1 aliphatic heterocycles. The van der Waals surface area contributed by atoms with Crippen LogP contribution in [0.1, 0.15) is 49.7 Å². The number of nitrogens with one attached hydrogen (secondary N) is 1. The predicted octanol–water partition coefficient (Wildman–Crippen LogP) is 1.38. The lowest BCUT2D eigenvalue weighted by atomic mass is 9.52. The van der Waals surface area contributed by atoms with Gasteiger partial charge in [0.2, 0.25) is 11.8 Å². The zero-order chi connectivity index (χ0) is 18.7. The predicted molar refractivity (Wildman–Crippen MR) is 93.3 cm³/mol. The fourth-order valence-corrected chi connectivity index (χ4v) is 5.62. The van der Waals surface area contributed by atoms with Gasteiger partial charge >= 0.3 is 10.3 Å². The number of imide groups is 1. The van der Waals surface area contributed by atoms with Crippen molar-refractivity contribution in [2.24, 2.45) is 22.4 Å². The summed E-state index contributed by atoms with van der Waals surface area (Å²) in [6, 6.07) is 5.26. The van der Waals surface area contributed by atoms with E-state index in [0.717, 1.165) is 31.2 Å². The van der Waals surface area contributed by atoms with Crippen molar-refractivity contribution in [3.63, 3.8) is 0 Å². The Balaban J connectivity index is 1.66. The molecule has 1 saturated heterocycles. The van der Waals surface area contributed by atoms with E-state index >= 15 is 0 Å². The van der Waals surface area contributed by atoms with Crippen LogP contribution in [0.2, 0.25) is 0 Å². The maximum Gasteiger partial charge on any atom is 0.380 e. The summed E-state index contributed by atoms with van der Waals surface area (Å²) < 4.78 is 27.1. The van der Waals surface area contributed by atoms with E-state index in [4.69, 9.17) is 9.32 Å². The number of hydrogen-bond donors (Lipinski definition) is 2. The van der Waals surface area contributed by atoms with E-state index in [1.54, 1.807) is 12.1 Å². The van der Waals surface area contributed by atoms with E-state index in [9.17, 15) is 18.0 Å². The molecule has 1 aromatic rings. The Hall–Kier alpha value is -1.93. The van der Waals surface area contributed by atoms with Gasteiger partial charge < -0.3 is 4.18 Å². The number of amides is 2.